The smallest absolute Gasteiger partial charge is 0.259 e. The van der Waals surface area contributed by atoms with E-state index in [0.29, 0.717) is 12.0 Å². The van der Waals surface area contributed by atoms with Gasteiger partial charge in [-0.3, -0.25) is 19.3 Å². The molecule has 0 aromatic heterocycles. The lowest BCUT2D eigenvalue weighted by molar-refractivity contribution is -0.140. The molecule has 2 atom stereocenters. The third-order valence-electron chi connectivity index (χ3n) is 7.48. The van der Waals surface area contributed by atoms with Gasteiger partial charge in [-0.2, -0.15) is 0 Å². The van der Waals surface area contributed by atoms with Crippen LogP contribution in [-0.2, 0) is 22.6 Å². The Bertz CT molecular complexity index is 1530. The Labute approximate surface area is 243 Å². The quantitative estimate of drug-likeness (QED) is 0.239. The van der Waals surface area contributed by atoms with E-state index in [9.17, 15) is 14.4 Å². The van der Waals surface area contributed by atoms with Crippen molar-refractivity contribution in [2.75, 3.05) is 11.4 Å². The van der Waals surface area contributed by atoms with Crippen LogP contribution in [0.3, 0.4) is 0 Å². The molecule has 0 bridgehead atoms. The minimum absolute atomic E-state index is 0.0392. The normalized spacial score (nSPS) is 13.8. The summed E-state index contributed by atoms with van der Waals surface area (Å²) in [5, 5.41) is 4.91. The molecule has 4 aromatic carbocycles. The van der Waals surface area contributed by atoms with Crippen LogP contribution in [0.1, 0.15) is 41.8 Å². The molecule has 1 aliphatic rings. The van der Waals surface area contributed by atoms with Crippen molar-refractivity contribution in [1.82, 2.24) is 10.2 Å². The Balaban J connectivity index is 1.51. The molecule has 0 fully saturated rings. The van der Waals surface area contributed by atoms with Gasteiger partial charge < -0.3 is 10.2 Å². The minimum Gasteiger partial charge on any atom is -0.352 e. The molecule has 0 saturated heterocycles. The van der Waals surface area contributed by atoms with Gasteiger partial charge in [0.1, 0.15) is 12.6 Å². The summed E-state index contributed by atoms with van der Waals surface area (Å²) in [4.78, 5) is 44.6. The summed E-state index contributed by atoms with van der Waals surface area (Å²) in [6, 6.07) is 28.0. The molecule has 0 spiro atoms. The average molecular weight is 599 g/mol. The number of nitrogens with one attached hydrogen (secondary N) is 1. The molecule has 0 aliphatic carbocycles. The summed E-state index contributed by atoms with van der Waals surface area (Å²) in [7, 11) is 0. The molecule has 1 heterocycles. The highest BCUT2D eigenvalue weighted by Gasteiger charge is 2.36. The zero-order valence-corrected chi connectivity index (χ0v) is 24.2. The van der Waals surface area contributed by atoms with E-state index in [1.54, 1.807) is 15.9 Å². The van der Waals surface area contributed by atoms with Crippen LogP contribution in [-0.4, -0.2) is 41.2 Å². The third-order valence-corrected chi connectivity index (χ3v) is 8.01. The summed E-state index contributed by atoms with van der Waals surface area (Å²) in [5.74, 6) is -0.699. The number of carbonyl (C=O) groups is 3. The van der Waals surface area contributed by atoms with Gasteiger partial charge >= 0.3 is 0 Å². The summed E-state index contributed by atoms with van der Waals surface area (Å²) in [6.07, 6.45) is 1.13. The highest BCUT2D eigenvalue weighted by Crippen LogP contribution is 2.37. The van der Waals surface area contributed by atoms with E-state index >= 15 is 0 Å². The van der Waals surface area contributed by atoms with E-state index in [0.717, 1.165) is 38.5 Å². The van der Waals surface area contributed by atoms with Crippen molar-refractivity contribution in [1.29, 1.82) is 0 Å². The maximum Gasteiger partial charge on any atom is 0.259 e. The largest absolute Gasteiger partial charge is 0.352 e. The van der Waals surface area contributed by atoms with Crippen molar-refractivity contribution in [3.05, 3.63) is 112 Å². The number of anilines is 1. The lowest BCUT2D eigenvalue weighted by atomic mass is 10.0. The molecule has 6 nitrogen and oxygen atoms in total. The highest BCUT2D eigenvalue weighted by molar-refractivity contribution is 9.10. The van der Waals surface area contributed by atoms with Gasteiger partial charge in [0.2, 0.25) is 11.8 Å². The SMILES string of the molecule is CC[C@@H](C)NC(=O)[C@H](Cc1ccccc1)N(Cc1ccc(Br)cc1)C(=O)CN1C(=O)c2cccc3cccc1c23. The molecule has 5 rings (SSSR count). The fourth-order valence-corrected chi connectivity index (χ4v) is 5.41. The molecule has 1 aliphatic heterocycles. The van der Waals surface area contributed by atoms with Crippen LogP contribution in [0.5, 0.6) is 0 Å². The monoisotopic (exact) mass is 597 g/mol. The number of benzene rings is 4. The van der Waals surface area contributed by atoms with Crippen LogP contribution in [0.25, 0.3) is 10.8 Å². The first-order chi connectivity index (χ1) is 19.4. The van der Waals surface area contributed by atoms with Crippen LogP contribution in [0.15, 0.2) is 95.5 Å². The molecule has 0 saturated carbocycles. The van der Waals surface area contributed by atoms with E-state index in [1.165, 1.54) is 0 Å². The van der Waals surface area contributed by atoms with E-state index in [1.807, 2.05) is 98.8 Å². The second-order valence-electron chi connectivity index (χ2n) is 10.2. The zero-order chi connectivity index (χ0) is 28.2. The van der Waals surface area contributed by atoms with E-state index in [-0.39, 0.29) is 36.9 Å². The van der Waals surface area contributed by atoms with Gasteiger partial charge in [0.15, 0.2) is 0 Å². The van der Waals surface area contributed by atoms with E-state index in [2.05, 4.69) is 21.2 Å². The Kier molecular flexibility index (Phi) is 8.31. The number of rotatable bonds is 10. The van der Waals surface area contributed by atoms with Crippen LogP contribution < -0.4 is 10.2 Å². The number of hydrogen-bond acceptors (Lipinski definition) is 3. The summed E-state index contributed by atoms with van der Waals surface area (Å²) in [6.45, 7) is 4.04. The van der Waals surface area contributed by atoms with E-state index in [4.69, 9.17) is 0 Å². The lowest BCUT2D eigenvalue weighted by Gasteiger charge is -2.33. The third kappa shape index (κ3) is 5.80. The second-order valence-corrected chi connectivity index (χ2v) is 11.2. The molecular weight excluding hydrogens is 566 g/mol. The topological polar surface area (TPSA) is 69.7 Å². The van der Waals surface area contributed by atoms with Gasteiger partial charge in [-0.25, -0.2) is 0 Å². The van der Waals surface area contributed by atoms with Gasteiger partial charge in [0.05, 0.1) is 5.69 Å². The second kappa shape index (κ2) is 12.0. The van der Waals surface area contributed by atoms with E-state index < -0.39 is 6.04 Å². The fourth-order valence-electron chi connectivity index (χ4n) is 5.14. The molecule has 40 heavy (non-hydrogen) atoms. The predicted octanol–water partition coefficient (Wildman–Crippen LogP) is 6.12. The Hall–Kier alpha value is -3.97. The maximum atomic E-state index is 14.2. The summed E-state index contributed by atoms with van der Waals surface area (Å²) >= 11 is 3.48. The van der Waals surface area contributed by atoms with Crippen molar-refractivity contribution in [2.45, 2.75) is 45.3 Å². The predicted molar refractivity (Wildman–Crippen MR) is 162 cm³/mol. The number of carbonyl (C=O) groups excluding carboxylic acids is 3. The van der Waals surface area contributed by atoms with Crippen molar-refractivity contribution >= 4 is 50.1 Å². The zero-order valence-electron chi connectivity index (χ0n) is 22.6. The standard InChI is InChI=1S/C33H32BrN3O3/c1-3-22(2)35-32(39)29(19-23-9-5-4-6-10-23)36(20-24-15-17-26(34)18-16-24)30(38)21-37-28-14-8-12-25-11-7-13-27(31(25)28)33(37)40/h4-18,22,29H,3,19-21H2,1-2H3,(H,35,39)/t22-,29+/m1/s1. The number of hydrogen-bond donors (Lipinski definition) is 1. The Morgan fingerprint density at radius 2 is 1.60 bits per heavy atom. The Morgan fingerprint density at radius 1 is 0.900 bits per heavy atom. The molecular formula is C33H32BrN3O3. The van der Waals surface area contributed by atoms with Gasteiger partial charge in [-0.05, 0) is 54.1 Å². The molecule has 0 unspecified atom stereocenters. The van der Waals surface area contributed by atoms with Crippen LogP contribution in [0.2, 0.25) is 0 Å². The number of halogens is 1. The first-order valence-corrected chi connectivity index (χ1v) is 14.4. The number of amides is 3. The van der Waals surface area contributed by atoms with Crippen molar-refractivity contribution < 1.29 is 14.4 Å². The maximum absolute atomic E-state index is 14.2. The molecule has 204 valence electrons. The molecule has 4 aromatic rings. The van der Waals surface area contributed by atoms with Crippen molar-refractivity contribution in [2.24, 2.45) is 0 Å². The van der Waals surface area contributed by atoms with Crippen LogP contribution >= 0.6 is 15.9 Å². The minimum atomic E-state index is -0.761. The molecule has 1 N–H and O–H groups in total. The summed E-state index contributed by atoms with van der Waals surface area (Å²) in [5.41, 5.74) is 3.16. The first kappa shape index (κ1) is 27.6. The fraction of sp³-hybridized carbons (Fsp3) is 0.242. The highest BCUT2D eigenvalue weighted by atomic mass is 79.9. The molecule has 3 amide bonds. The van der Waals surface area contributed by atoms with Crippen LogP contribution in [0, 0.1) is 0 Å². The van der Waals surface area contributed by atoms with Crippen molar-refractivity contribution in [3.8, 4) is 0 Å². The Morgan fingerprint density at radius 3 is 2.30 bits per heavy atom. The van der Waals surface area contributed by atoms with Gasteiger partial charge in [-0.15, -0.1) is 0 Å². The first-order valence-electron chi connectivity index (χ1n) is 13.6. The van der Waals surface area contributed by atoms with Gasteiger partial charge in [-0.1, -0.05) is 89.6 Å². The van der Waals surface area contributed by atoms with Gasteiger partial charge in [0, 0.05) is 34.4 Å². The number of nitrogens with zero attached hydrogens (tertiary/aromatic N) is 2. The van der Waals surface area contributed by atoms with Crippen LogP contribution in [0.4, 0.5) is 5.69 Å². The summed E-state index contributed by atoms with van der Waals surface area (Å²) < 4.78 is 0.929. The van der Waals surface area contributed by atoms with Gasteiger partial charge in [0.25, 0.3) is 5.91 Å². The molecule has 7 heteroatoms. The average Bonchev–Trinajstić information content (AvgIpc) is 3.24. The van der Waals surface area contributed by atoms with Crippen molar-refractivity contribution in [3.63, 3.8) is 0 Å². The molecule has 0 radical (unpaired) electrons. The lowest BCUT2D eigenvalue weighted by Crippen LogP contribution is -2.54.